The van der Waals surface area contributed by atoms with Gasteiger partial charge < -0.3 is 15.4 Å². The highest BCUT2D eigenvalue weighted by molar-refractivity contribution is 5.51. The highest BCUT2D eigenvalue weighted by atomic mass is 16.5. The molecule has 1 saturated heterocycles. The lowest BCUT2D eigenvalue weighted by molar-refractivity contribution is 0.306. The van der Waals surface area contributed by atoms with Gasteiger partial charge in [0.25, 0.3) is 0 Å². The van der Waals surface area contributed by atoms with E-state index in [4.69, 9.17) is 10.5 Å². The van der Waals surface area contributed by atoms with Crippen LogP contribution in [0.5, 0.6) is 5.75 Å². The third-order valence-electron chi connectivity index (χ3n) is 3.74. The lowest BCUT2D eigenvalue weighted by Crippen LogP contribution is -2.39. The molecule has 0 spiro atoms. The van der Waals surface area contributed by atoms with E-state index in [0.29, 0.717) is 6.04 Å². The van der Waals surface area contributed by atoms with Crippen LogP contribution in [0.15, 0.2) is 24.3 Å². The molecule has 2 N–H and O–H groups in total. The number of hydrogen-bond acceptors (Lipinski definition) is 3. The van der Waals surface area contributed by atoms with Crippen molar-refractivity contribution in [2.45, 2.75) is 45.1 Å². The van der Waals surface area contributed by atoms with Gasteiger partial charge in [0, 0.05) is 30.9 Å². The van der Waals surface area contributed by atoms with Crippen molar-refractivity contribution in [1.82, 2.24) is 0 Å². The fourth-order valence-electron chi connectivity index (χ4n) is 2.47. The zero-order valence-corrected chi connectivity index (χ0v) is 12.0. The number of hydrogen-bond donors (Lipinski definition) is 1. The minimum Gasteiger partial charge on any atom is -0.494 e. The third kappa shape index (κ3) is 4.43. The summed E-state index contributed by atoms with van der Waals surface area (Å²) in [5.41, 5.74) is 7.21. The highest BCUT2D eigenvalue weighted by Crippen LogP contribution is 2.24. The molecule has 19 heavy (non-hydrogen) atoms. The SMILES string of the molecule is CCCCCOc1cccc(N2CCC(N)CC2)c1. The van der Waals surface area contributed by atoms with Crippen LogP contribution in [0.3, 0.4) is 0 Å². The summed E-state index contributed by atoms with van der Waals surface area (Å²) in [7, 11) is 0. The second-order valence-electron chi connectivity index (χ2n) is 5.38. The van der Waals surface area contributed by atoms with Crippen molar-refractivity contribution in [2.24, 2.45) is 5.73 Å². The van der Waals surface area contributed by atoms with Gasteiger partial charge in [0.05, 0.1) is 6.61 Å². The first kappa shape index (κ1) is 14.2. The van der Waals surface area contributed by atoms with E-state index in [1.54, 1.807) is 0 Å². The van der Waals surface area contributed by atoms with Crippen molar-refractivity contribution in [2.75, 3.05) is 24.6 Å². The van der Waals surface area contributed by atoms with E-state index in [-0.39, 0.29) is 0 Å². The average Bonchev–Trinajstić information content (AvgIpc) is 2.45. The van der Waals surface area contributed by atoms with Crippen LogP contribution in [0, 0.1) is 0 Å². The molecule has 106 valence electrons. The van der Waals surface area contributed by atoms with Gasteiger partial charge in [-0.2, -0.15) is 0 Å². The van der Waals surface area contributed by atoms with Gasteiger partial charge in [-0.3, -0.25) is 0 Å². The molecule has 2 rings (SSSR count). The van der Waals surface area contributed by atoms with Crippen LogP contribution in [0.2, 0.25) is 0 Å². The first-order valence-electron chi connectivity index (χ1n) is 7.53. The molecule has 1 aliphatic heterocycles. The highest BCUT2D eigenvalue weighted by Gasteiger charge is 2.16. The topological polar surface area (TPSA) is 38.5 Å². The number of nitrogens with zero attached hydrogens (tertiary/aromatic N) is 1. The summed E-state index contributed by atoms with van der Waals surface area (Å²) in [5, 5.41) is 0. The number of ether oxygens (including phenoxy) is 1. The number of nitrogens with two attached hydrogens (primary N) is 1. The van der Waals surface area contributed by atoms with Crippen molar-refractivity contribution < 1.29 is 4.74 Å². The van der Waals surface area contributed by atoms with Crippen LogP contribution < -0.4 is 15.4 Å². The first-order chi connectivity index (χ1) is 9.29. The molecule has 3 nitrogen and oxygen atoms in total. The summed E-state index contributed by atoms with van der Waals surface area (Å²) in [6.45, 7) is 5.14. The van der Waals surface area contributed by atoms with Crippen molar-refractivity contribution in [1.29, 1.82) is 0 Å². The van der Waals surface area contributed by atoms with Gasteiger partial charge >= 0.3 is 0 Å². The molecule has 1 fully saturated rings. The molecule has 0 radical (unpaired) electrons. The van der Waals surface area contributed by atoms with Gasteiger partial charge in [-0.25, -0.2) is 0 Å². The number of unbranched alkanes of at least 4 members (excludes halogenated alkanes) is 2. The van der Waals surface area contributed by atoms with Crippen molar-refractivity contribution in [3.8, 4) is 5.75 Å². The van der Waals surface area contributed by atoms with Crippen molar-refractivity contribution >= 4 is 5.69 Å². The molecule has 1 aromatic carbocycles. The van der Waals surface area contributed by atoms with Gasteiger partial charge in [-0.15, -0.1) is 0 Å². The van der Waals surface area contributed by atoms with Crippen LogP contribution in [0.4, 0.5) is 5.69 Å². The van der Waals surface area contributed by atoms with E-state index in [9.17, 15) is 0 Å². The third-order valence-corrected chi connectivity index (χ3v) is 3.74. The Balaban J connectivity index is 1.87. The average molecular weight is 262 g/mol. The number of benzene rings is 1. The summed E-state index contributed by atoms with van der Waals surface area (Å²) in [6.07, 6.45) is 5.78. The number of anilines is 1. The Bertz CT molecular complexity index is 373. The monoisotopic (exact) mass is 262 g/mol. The van der Waals surface area contributed by atoms with Crippen molar-refractivity contribution in [3.63, 3.8) is 0 Å². The maximum atomic E-state index is 5.95. The van der Waals surface area contributed by atoms with Gasteiger partial charge in [0.1, 0.15) is 5.75 Å². The Morgan fingerprint density at radius 1 is 1.26 bits per heavy atom. The smallest absolute Gasteiger partial charge is 0.121 e. The normalized spacial score (nSPS) is 16.6. The molecule has 1 heterocycles. The zero-order valence-electron chi connectivity index (χ0n) is 12.0. The van der Waals surface area contributed by atoms with Gasteiger partial charge in [-0.1, -0.05) is 25.8 Å². The Labute approximate surface area is 116 Å². The second-order valence-corrected chi connectivity index (χ2v) is 5.38. The van der Waals surface area contributed by atoms with Crippen LogP contribution in [0.1, 0.15) is 39.0 Å². The van der Waals surface area contributed by atoms with Gasteiger partial charge in [-0.05, 0) is 31.4 Å². The molecule has 0 amide bonds. The van der Waals surface area contributed by atoms with Crippen LogP contribution in [-0.4, -0.2) is 25.7 Å². The van der Waals surface area contributed by atoms with Gasteiger partial charge in [0.2, 0.25) is 0 Å². The molecule has 0 aliphatic carbocycles. The minimum atomic E-state index is 0.379. The maximum Gasteiger partial charge on any atom is 0.121 e. The Hall–Kier alpha value is -1.22. The number of rotatable bonds is 6. The molecule has 1 aromatic rings. The van der Waals surface area contributed by atoms with E-state index < -0.39 is 0 Å². The quantitative estimate of drug-likeness (QED) is 0.800. The molecule has 1 aliphatic rings. The lowest BCUT2D eigenvalue weighted by atomic mass is 10.1. The van der Waals surface area contributed by atoms with E-state index >= 15 is 0 Å². The maximum absolute atomic E-state index is 5.95. The summed E-state index contributed by atoms with van der Waals surface area (Å²) < 4.78 is 5.81. The Morgan fingerprint density at radius 3 is 2.79 bits per heavy atom. The van der Waals surface area contributed by atoms with E-state index in [1.165, 1.54) is 18.5 Å². The van der Waals surface area contributed by atoms with E-state index in [0.717, 1.165) is 44.7 Å². The predicted octanol–water partition coefficient (Wildman–Crippen LogP) is 3.18. The molecular formula is C16H26N2O. The molecule has 0 saturated carbocycles. The number of piperidine rings is 1. The first-order valence-corrected chi connectivity index (χ1v) is 7.53. The molecule has 0 atom stereocenters. The summed E-state index contributed by atoms with van der Waals surface area (Å²) in [6, 6.07) is 8.83. The molecule has 0 aromatic heterocycles. The van der Waals surface area contributed by atoms with Crippen LogP contribution in [-0.2, 0) is 0 Å². The fourth-order valence-corrected chi connectivity index (χ4v) is 2.47. The molecule has 0 unspecified atom stereocenters. The van der Waals surface area contributed by atoms with E-state index in [1.807, 2.05) is 6.07 Å². The fraction of sp³-hybridized carbons (Fsp3) is 0.625. The molecule has 3 heteroatoms. The lowest BCUT2D eigenvalue weighted by Gasteiger charge is -2.32. The predicted molar refractivity (Wildman–Crippen MR) is 80.9 cm³/mol. The van der Waals surface area contributed by atoms with Crippen LogP contribution in [0.25, 0.3) is 0 Å². The Kier molecular flexibility index (Phi) is 5.52. The standard InChI is InChI=1S/C16H26N2O/c1-2-3-4-12-19-16-7-5-6-15(13-16)18-10-8-14(17)9-11-18/h5-7,13-14H,2-4,8-12,17H2,1H3. The van der Waals surface area contributed by atoms with Gasteiger partial charge in [0.15, 0.2) is 0 Å². The Morgan fingerprint density at radius 2 is 2.05 bits per heavy atom. The second kappa shape index (κ2) is 7.39. The largest absolute Gasteiger partial charge is 0.494 e. The zero-order chi connectivity index (χ0) is 13.5. The van der Waals surface area contributed by atoms with Crippen LogP contribution >= 0.6 is 0 Å². The van der Waals surface area contributed by atoms with Crippen molar-refractivity contribution in [3.05, 3.63) is 24.3 Å². The summed E-state index contributed by atoms with van der Waals surface area (Å²) in [4.78, 5) is 2.41. The summed E-state index contributed by atoms with van der Waals surface area (Å²) in [5.74, 6) is 0.989. The minimum absolute atomic E-state index is 0.379. The van der Waals surface area contributed by atoms with E-state index in [2.05, 4.69) is 30.0 Å². The summed E-state index contributed by atoms with van der Waals surface area (Å²) >= 11 is 0. The molecular weight excluding hydrogens is 236 g/mol. The molecule has 0 bridgehead atoms.